The first-order chi connectivity index (χ1) is 10.9. The summed E-state index contributed by atoms with van der Waals surface area (Å²) in [4.78, 5) is 13.0. The highest BCUT2D eigenvalue weighted by atomic mass is 32.1. The molecule has 2 heterocycles. The molecule has 0 spiro atoms. The van der Waals surface area contributed by atoms with Crippen molar-refractivity contribution in [3.8, 4) is 0 Å². The van der Waals surface area contributed by atoms with Gasteiger partial charge in [0.1, 0.15) is 18.0 Å². The van der Waals surface area contributed by atoms with Gasteiger partial charge in [0.25, 0.3) is 0 Å². The Bertz CT molecular complexity index is 823. The van der Waals surface area contributed by atoms with Crippen molar-refractivity contribution in [2.24, 2.45) is 0 Å². The minimum absolute atomic E-state index is 0.0801. The molecule has 0 aliphatic rings. The molecular formula is C17H19FN4S. The Morgan fingerprint density at radius 1 is 1.22 bits per heavy atom. The Morgan fingerprint density at radius 3 is 2.78 bits per heavy atom. The molecule has 4 nitrogen and oxygen atoms in total. The van der Waals surface area contributed by atoms with Gasteiger partial charge in [0, 0.05) is 29.1 Å². The third kappa shape index (κ3) is 3.64. The van der Waals surface area contributed by atoms with E-state index < -0.39 is 0 Å². The Labute approximate surface area is 138 Å². The Balaban J connectivity index is 1.69. The fourth-order valence-corrected chi connectivity index (χ4v) is 3.19. The zero-order valence-corrected chi connectivity index (χ0v) is 14.2. The summed E-state index contributed by atoms with van der Waals surface area (Å²) in [5.41, 5.74) is 1.88. The zero-order valence-electron chi connectivity index (χ0n) is 13.4. The van der Waals surface area contributed by atoms with E-state index in [1.54, 1.807) is 17.4 Å². The van der Waals surface area contributed by atoms with E-state index in [2.05, 4.69) is 46.4 Å². The number of hydrogen-bond donors (Lipinski definition) is 1. The topological polar surface area (TPSA) is 50.7 Å². The highest BCUT2D eigenvalue weighted by Crippen LogP contribution is 2.26. The number of fused-ring (bicyclic) bond motifs is 1. The molecule has 3 rings (SSSR count). The van der Waals surface area contributed by atoms with E-state index in [9.17, 15) is 4.39 Å². The normalized spacial score (nSPS) is 11.8. The maximum Gasteiger partial charge on any atom is 0.137 e. The van der Waals surface area contributed by atoms with Crippen molar-refractivity contribution in [1.82, 2.24) is 15.0 Å². The number of aromatic nitrogens is 3. The number of halogens is 1. The van der Waals surface area contributed by atoms with Crippen LogP contribution in [-0.2, 0) is 11.8 Å². The van der Waals surface area contributed by atoms with Gasteiger partial charge < -0.3 is 5.32 Å². The van der Waals surface area contributed by atoms with E-state index in [0.717, 1.165) is 22.6 Å². The first kappa shape index (κ1) is 15.8. The third-order valence-electron chi connectivity index (χ3n) is 3.46. The minimum Gasteiger partial charge on any atom is -0.369 e. The molecule has 3 aromatic rings. The van der Waals surface area contributed by atoms with Crippen molar-refractivity contribution in [2.45, 2.75) is 32.6 Å². The van der Waals surface area contributed by atoms with Gasteiger partial charge >= 0.3 is 0 Å². The summed E-state index contributed by atoms with van der Waals surface area (Å²) in [6.07, 6.45) is 2.29. The zero-order chi connectivity index (χ0) is 16.4. The fraction of sp³-hybridized carbons (Fsp3) is 0.353. The summed E-state index contributed by atoms with van der Waals surface area (Å²) in [5, 5.41) is 7.19. The number of rotatable bonds is 4. The minimum atomic E-state index is -0.287. The second kappa shape index (κ2) is 6.20. The van der Waals surface area contributed by atoms with Gasteiger partial charge in [-0.15, -0.1) is 11.3 Å². The second-order valence-electron chi connectivity index (χ2n) is 6.45. The summed E-state index contributed by atoms with van der Waals surface area (Å²) >= 11 is 1.69. The molecular weight excluding hydrogens is 311 g/mol. The number of thiazole rings is 1. The lowest BCUT2D eigenvalue weighted by atomic mass is 9.98. The molecule has 2 aromatic heterocycles. The Hall–Kier alpha value is -2.08. The van der Waals surface area contributed by atoms with Gasteiger partial charge in [-0.25, -0.2) is 19.3 Å². The maximum atomic E-state index is 13.4. The van der Waals surface area contributed by atoms with E-state index in [-0.39, 0.29) is 11.2 Å². The Kier molecular flexibility index (Phi) is 4.26. The molecule has 0 saturated heterocycles. The number of hydrogen-bond acceptors (Lipinski definition) is 5. The molecule has 1 N–H and O–H groups in total. The molecule has 0 saturated carbocycles. The lowest BCUT2D eigenvalue weighted by Crippen LogP contribution is -2.11. The predicted octanol–water partition coefficient (Wildman–Crippen LogP) is 4.18. The van der Waals surface area contributed by atoms with Gasteiger partial charge in [0.2, 0.25) is 0 Å². The highest BCUT2D eigenvalue weighted by Gasteiger charge is 2.17. The SMILES string of the molecule is CC(C)(C)c1nc(CCNc2ncnc3ccc(F)cc23)cs1. The van der Waals surface area contributed by atoms with Gasteiger partial charge in [-0.1, -0.05) is 20.8 Å². The summed E-state index contributed by atoms with van der Waals surface area (Å²) in [5.74, 6) is 0.366. The van der Waals surface area contributed by atoms with Crippen molar-refractivity contribution < 1.29 is 4.39 Å². The van der Waals surface area contributed by atoms with Crippen LogP contribution in [0.2, 0.25) is 0 Å². The van der Waals surface area contributed by atoms with Crippen LogP contribution >= 0.6 is 11.3 Å². The van der Waals surface area contributed by atoms with Crippen LogP contribution in [0.4, 0.5) is 10.2 Å². The molecule has 0 fully saturated rings. The molecule has 6 heteroatoms. The second-order valence-corrected chi connectivity index (χ2v) is 7.31. The largest absolute Gasteiger partial charge is 0.369 e. The van der Waals surface area contributed by atoms with E-state index in [1.165, 1.54) is 18.5 Å². The van der Waals surface area contributed by atoms with Crippen LogP contribution in [0.3, 0.4) is 0 Å². The van der Waals surface area contributed by atoms with Crippen molar-refractivity contribution >= 4 is 28.1 Å². The number of nitrogens with one attached hydrogen (secondary N) is 1. The van der Waals surface area contributed by atoms with Crippen molar-refractivity contribution in [2.75, 3.05) is 11.9 Å². The first-order valence-electron chi connectivity index (χ1n) is 7.52. The summed E-state index contributed by atoms with van der Waals surface area (Å²) in [7, 11) is 0. The molecule has 0 bridgehead atoms. The van der Waals surface area contributed by atoms with Crippen LogP contribution in [0.1, 0.15) is 31.5 Å². The first-order valence-corrected chi connectivity index (χ1v) is 8.40. The quantitative estimate of drug-likeness (QED) is 0.780. The molecule has 0 atom stereocenters. The standard InChI is InChI=1S/C17H19FN4S/c1-17(2,3)16-22-12(9-23-16)6-7-19-15-13-8-11(18)4-5-14(13)20-10-21-15/h4-5,8-10H,6-7H2,1-3H3,(H,19,20,21). The predicted molar refractivity (Wildman–Crippen MR) is 92.5 cm³/mol. The molecule has 0 aliphatic carbocycles. The van der Waals surface area contributed by atoms with Crippen LogP contribution in [0.25, 0.3) is 10.9 Å². The molecule has 120 valence electrons. The molecule has 0 amide bonds. The number of nitrogens with zero attached hydrogens (tertiary/aromatic N) is 3. The van der Waals surface area contributed by atoms with E-state index >= 15 is 0 Å². The van der Waals surface area contributed by atoms with Crippen molar-refractivity contribution in [3.63, 3.8) is 0 Å². The van der Waals surface area contributed by atoms with Crippen LogP contribution in [0, 0.1) is 5.82 Å². The average molecular weight is 330 g/mol. The molecule has 0 unspecified atom stereocenters. The molecule has 1 aromatic carbocycles. The van der Waals surface area contributed by atoms with Crippen molar-refractivity contribution in [1.29, 1.82) is 0 Å². The fourth-order valence-electron chi connectivity index (χ4n) is 2.24. The molecule has 0 aliphatic heterocycles. The highest BCUT2D eigenvalue weighted by molar-refractivity contribution is 7.09. The maximum absolute atomic E-state index is 13.4. The van der Waals surface area contributed by atoms with Gasteiger partial charge in [-0.3, -0.25) is 0 Å². The third-order valence-corrected chi connectivity index (χ3v) is 4.78. The van der Waals surface area contributed by atoms with Gasteiger partial charge in [0.05, 0.1) is 16.2 Å². The smallest absolute Gasteiger partial charge is 0.137 e. The van der Waals surface area contributed by atoms with Gasteiger partial charge in [-0.05, 0) is 18.2 Å². The van der Waals surface area contributed by atoms with Gasteiger partial charge in [-0.2, -0.15) is 0 Å². The number of benzene rings is 1. The number of anilines is 1. The average Bonchev–Trinajstić information content (AvgIpc) is 2.97. The summed E-state index contributed by atoms with van der Waals surface area (Å²) in [6, 6.07) is 4.52. The Morgan fingerprint density at radius 2 is 2.04 bits per heavy atom. The molecule has 0 radical (unpaired) electrons. The van der Waals surface area contributed by atoms with Crippen LogP contribution in [0.5, 0.6) is 0 Å². The lowest BCUT2D eigenvalue weighted by Gasteiger charge is -2.13. The molecule has 23 heavy (non-hydrogen) atoms. The van der Waals surface area contributed by atoms with Gasteiger partial charge in [0.15, 0.2) is 0 Å². The van der Waals surface area contributed by atoms with E-state index in [0.29, 0.717) is 17.7 Å². The van der Waals surface area contributed by atoms with E-state index in [4.69, 9.17) is 0 Å². The van der Waals surface area contributed by atoms with Crippen LogP contribution in [-0.4, -0.2) is 21.5 Å². The van der Waals surface area contributed by atoms with Crippen LogP contribution < -0.4 is 5.32 Å². The summed E-state index contributed by atoms with van der Waals surface area (Å²) < 4.78 is 13.4. The van der Waals surface area contributed by atoms with E-state index in [1.807, 2.05) is 0 Å². The van der Waals surface area contributed by atoms with Crippen LogP contribution in [0.15, 0.2) is 29.9 Å². The lowest BCUT2D eigenvalue weighted by molar-refractivity contribution is 0.583. The monoisotopic (exact) mass is 330 g/mol. The van der Waals surface area contributed by atoms with Crippen molar-refractivity contribution in [3.05, 3.63) is 46.4 Å². The summed E-state index contributed by atoms with van der Waals surface area (Å²) in [6.45, 7) is 7.18.